The average Bonchev–Trinajstić information content (AvgIpc) is 2.01. The summed E-state index contributed by atoms with van der Waals surface area (Å²) in [6.45, 7) is 1.81. The van der Waals surface area contributed by atoms with Crippen molar-refractivity contribution in [1.82, 2.24) is 5.32 Å². The molecule has 0 rings (SSSR count). The summed E-state index contributed by atoms with van der Waals surface area (Å²) in [4.78, 5) is 20.8. The van der Waals surface area contributed by atoms with Gasteiger partial charge in [-0.25, -0.2) is 4.79 Å². The van der Waals surface area contributed by atoms with Crippen LogP contribution in [0, 0.1) is 0 Å². The Labute approximate surface area is 77.5 Å². The van der Waals surface area contributed by atoms with Crippen LogP contribution in [0.4, 0.5) is 4.79 Å². The predicted molar refractivity (Wildman–Crippen MR) is 46.6 cm³/mol. The summed E-state index contributed by atoms with van der Waals surface area (Å²) in [7, 11) is 4.81. The lowest BCUT2D eigenvalue weighted by Crippen LogP contribution is -2.46. The second-order valence-corrected chi connectivity index (χ2v) is 2.69. The van der Waals surface area contributed by atoms with Crippen LogP contribution in [0.25, 0.3) is 0 Å². The molecule has 1 amide bonds. The van der Waals surface area contributed by atoms with E-state index in [1.807, 2.05) is 6.92 Å². The van der Waals surface area contributed by atoms with Gasteiger partial charge in [0, 0.05) is 0 Å². The molecule has 13 heavy (non-hydrogen) atoms. The van der Waals surface area contributed by atoms with Crippen molar-refractivity contribution in [2.45, 2.75) is 31.9 Å². The van der Waals surface area contributed by atoms with E-state index in [1.165, 1.54) is 0 Å². The fourth-order valence-electron chi connectivity index (χ4n) is 0.975. The summed E-state index contributed by atoms with van der Waals surface area (Å²) in [5.74, 6) is -2.20. The fraction of sp³-hybridized carbons (Fsp3) is 0.714. The summed E-state index contributed by atoms with van der Waals surface area (Å²) < 4.78 is 0. The Hall–Kier alpha value is -1.04. The van der Waals surface area contributed by atoms with Crippen LogP contribution in [-0.2, 0) is 4.79 Å². The molecule has 0 aliphatic carbocycles. The molecule has 2 unspecified atom stereocenters. The molecule has 0 saturated heterocycles. The molecule has 3 N–H and O–H groups in total. The van der Waals surface area contributed by atoms with E-state index in [2.05, 4.69) is 5.32 Å². The van der Waals surface area contributed by atoms with Gasteiger partial charge in [0.05, 0.1) is 6.04 Å². The standard InChI is InChI=1S/C7H12BNO4/c1-2-3-4(9-7(8)13)5(10)6(11)12/h4-5,10H,2-3H2,1H3,(H,9,13)(H,11,12). The predicted octanol–water partition coefficient (Wildman–Crippen LogP) is -0.521. The van der Waals surface area contributed by atoms with Crippen LogP contribution >= 0.6 is 0 Å². The Morgan fingerprint density at radius 3 is 2.38 bits per heavy atom. The second kappa shape index (κ2) is 5.58. The Morgan fingerprint density at radius 1 is 1.54 bits per heavy atom. The van der Waals surface area contributed by atoms with Crippen LogP contribution in [0.5, 0.6) is 0 Å². The van der Waals surface area contributed by atoms with Crippen molar-refractivity contribution in [1.29, 1.82) is 0 Å². The third-order valence-electron chi connectivity index (χ3n) is 1.56. The number of carboxylic acid groups (broad SMARTS) is 1. The average molecular weight is 185 g/mol. The summed E-state index contributed by atoms with van der Waals surface area (Å²) >= 11 is 0. The van der Waals surface area contributed by atoms with Gasteiger partial charge in [-0.2, -0.15) is 0 Å². The lowest BCUT2D eigenvalue weighted by molar-refractivity contribution is -0.148. The number of carbonyl (C=O) groups excluding carboxylic acids is 1. The number of hydrogen-bond acceptors (Lipinski definition) is 3. The number of carboxylic acids is 1. The Morgan fingerprint density at radius 2 is 2.08 bits per heavy atom. The van der Waals surface area contributed by atoms with E-state index in [4.69, 9.17) is 18.1 Å². The lowest BCUT2D eigenvalue weighted by atomic mass is 10.0. The Balaban J connectivity index is 4.22. The number of nitrogens with one attached hydrogen (secondary N) is 1. The highest BCUT2D eigenvalue weighted by Crippen LogP contribution is 2.02. The number of aliphatic carboxylic acids is 1. The van der Waals surface area contributed by atoms with E-state index in [1.54, 1.807) is 0 Å². The summed E-state index contributed by atoms with van der Waals surface area (Å²) in [5.41, 5.74) is 0. The number of aliphatic hydroxyl groups excluding tert-OH is 1. The van der Waals surface area contributed by atoms with Gasteiger partial charge in [0.25, 0.3) is 0 Å². The van der Waals surface area contributed by atoms with Gasteiger partial charge in [-0.3, -0.25) is 4.79 Å². The molecule has 0 bridgehead atoms. The number of amides is 1. The number of aliphatic hydroxyl groups is 1. The van der Waals surface area contributed by atoms with Crippen LogP contribution in [0.3, 0.4) is 0 Å². The van der Waals surface area contributed by atoms with Gasteiger partial charge in [-0.15, -0.1) is 0 Å². The first-order chi connectivity index (χ1) is 5.99. The van der Waals surface area contributed by atoms with Crippen LogP contribution in [0.1, 0.15) is 19.8 Å². The molecule has 0 aliphatic heterocycles. The Kier molecular flexibility index (Phi) is 5.14. The van der Waals surface area contributed by atoms with Crippen LogP contribution < -0.4 is 5.32 Å². The minimum atomic E-state index is -1.60. The van der Waals surface area contributed by atoms with Crippen molar-refractivity contribution in [3.8, 4) is 0 Å². The van der Waals surface area contributed by atoms with Gasteiger partial charge < -0.3 is 15.5 Å². The van der Waals surface area contributed by atoms with Crippen molar-refractivity contribution in [2.75, 3.05) is 0 Å². The van der Waals surface area contributed by atoms with Gasteiger partial charge >= 0.3 is 5.97 Å². The number of rotatable bonds is 5. The molecule has 72 valence electrons. The summed E-state index contributed by atoms with van der Waals surface area (Å²) in [6.07, 6.45) is -0.585. The fourth-order valence-corrected chi connectivity index (χ4v) is 0.975. The number of hydrogen-bond donors (Lipinski definition) is 3. The first-order valence-corrected chi connectivity index (χ1v) is 3.95. The minimum absolute atomic E-state index is 0.371. The largest absolute Gasteiger partial charge is 0.479 e. The normalized spacial score (nSPS) is 14.6. The molecule has 0 fully saturated rings. The zero-order valence-electron chi connectivity index (χ0n) is 7.36. The van der Waals surface area contributed by atoms with Crippen LogP contribution in [0.15, 0.2) is 0 Å². The molecule has 0 aromatic heterocycles. The van der Waals surface area contributed by atoms with Gasteiger partial charge in [-0.05, 0) is 6.42 Å². The van der Waals surface area contributed by atoms with E-state index < -0.39 is 23.9 Å². The smallest absolute Gasteiger partial charge is 0.334 e. The van der Waals surface area contributed by atoms with Gasteiger partial charge in [-0.1, -0.05) is 13.3 Å². The molecule has 2 atom stereocenters. The third-order valence-corrected chi connectivity index (χ3v) is 1.56. The van der Waals surface area contributed by atoms with Crippen molar-refractivity contribution in [3.05, 3.63) is 0 Å². The van der Waals surface area contributed by atoms with Crippen LogP contribution in [0.2, 0.25) is 0 Å². The molecule has 0 aromatic rings. The monoisotopic (exact) mass is 185 g/mol. The maximum Gasteiger partial charge on any atom is 0.334 e. The van der Waals surface area contributed by atoms with E-state index in [9.17, 15) is 9.59 Å². The maximum atomic E-state index is 10.4. The van der Waals surface area contributed by atoms with Crippen molar-refractivity contribution >= 4 is 19.6 Å². The quantitative estimate of drug-likeness (QED) is 0.503. The van der Waals surface area contributed by atoms with Gasteiger partial charge in [0.2, 0.25) is 7.85 Å². The molecular weight excluding hydrogens is 173 g/mol. The maximum absolute atomic E-state index is 10.4. The third kappa shape index (κ3) is 4.52. The highest BCUT2D eigenvalue weighted by Gasteiger charge is 2.25. The zero-order chi connectivity index (χ0) is 10.4. The summed E-state index contributed by atoms with van der Waals surface area (Å²) in [5, 5.41) is 19.7. The van der Waals surface area contributed by atoms with Crippen molar-refractivity contribution < 1.29 is 19.8 Å². The number of carbonyl (C=O) groups is 2. The molecule has 0 saturated carbocycles. The van der Waals surface area contributed by atoms with Crippen LogP contribution in [-0.4, -0.2) is 42.0 Å². The Bertz CT molecular complexity index is 197. The van der Waals surface area contributed by atoms with E-state index in [0.717, 1.165) is 0 Å². The van der Waals surface area contributed by atoms with E-state index >= 15 is 0 Å². The van der Waals surface area contributed by atoms with E-state index in [-0.39, 0.29) is 0 Å². The highest BCUT2D eigenvalue weighted by molar-refractivity contribution is 6.57. The molecule has 5 nitrogen and oxygen atoms in total. The first kappa shape index (κ1) is 12.0. The minimum Gasteiger partial charge on any atom is -0.479 e. The molecule has 0 spiro atoms. The first-order valence-electron chi connectivity index (χ1n) is 3.95. The molecule has 6 heteroatoms. The van der Waals surface area contributed by atoms with Gasteiger partial charge in [0.1, 0.15) is 0 Å². The molecule has 0 aliphatic rings. The van der Waals surface area contributed by atoms with Crippen molar-refractivity contribution in [3.63, 3.8) is 0 Å². The van der Waals surface area contributed by atoms with Crippen molar-refractivity contribution in [2.24, 2.45) is 0 Å². The zero-order valence-corrected chi connectivity index (χ0v) is 7.36. The second-order valence-electron chi connectivity index (χ2n) is 2.69. The molecular formula is C7H12BNO4. The molecule has 0 aromatic carbocycles. The SMILES string of the molecule is [B]C(=O)NC(CCC)C(O)C(=O)O. The molecule has 0 heterocycles. The highest BCUT2D eigenvalue weighted by atomic mass is 16.4. The van der Waals surface area contributed by atoms with E-state index in [0.29, 0.717) is 12.8 Å². The summed E-state index contributed by atoms with van der Waals surface area (Å²) in [6, 6.07) is -0.819. The molecule has 2 radical (unpaired) electrons. The lowest BCUT2D eigenvalue weighted by Gasteiger charge is -2.19. The van der Waals surface area contributed by atoms with Gasteiger partial charge in [0.15, 0.2) is 11.9 Å². The topological polar surface area (TPSA) is 86.6 Å².